The lowest BCUT2D eigenvalue weighted by Crippen LogP contribution is -2.49. The molecule has 0 unspecified atom stereocenters. The van der Waals surface area contributed by atoms with E-state index in [0.717, 1.165) is 11.9 Å². The van der Waals surface area contributed by atoms with Crippen LogP contribution in [0.25, 0.3) is 0 Å². The third kappa shape index (κ3) is 4.05. The molecule has 0 aromatic heterocycles. The Morgan fingerprint density at radius 1 is 1.07 bits per heavy atom. The van der Waals surface area contributed by atoms with Crippen molar-refractivity contribution in [2.45, 2.75) is 11.8 Å². The van der Waals surface area contributed by atoms with Gasteiger partial charge in [0.05, 0.1) is 16.3 Å². The van der Waals surface area contributed by atoms with E-state index < -0.39 is 9.84 Å². The highest BCUT2D eigenvalue weighted by atomic mass is 32.2. The van der Waals surface area contributed by atoms with Crippen molar-refractivity contribution < 1.29 is 17.6 Å². The molecule has 0 atom stereocenters. The van der Waals surface area contributed by atoms with Gasteiger partial charge in [0.25, 0.3) is 5.91 Å². The Labute approximate surface area is 158 Å². The molecule has 0 radical (unpaired) electrons. The minimum atomic E-state index is -3.31. The molecule has 2 aromatic rings. The van der Waals surface area contributed by atoms with E-state index in [4.69, 9.17) is 5.73 Å². The van der Waals surface area contributed by atoms with Gasteiger partial charge in [-0.3, -0.25) is 4.79 Å². The number of carbonyl (C=O) groups is 1. The molecule has 1 saturated heterocycles. The first-order valence-corrected chi connectivity index (χ1v) is 10.5. The predicted molar refractivity (Wildman–Crippen MR) is 103 cm³/mol. The Kier molecular flexibility index (Phi) is 5.10. The van der Waals surface area contributed by atoms with Crippen molar-refractivity contribution in [3.63, 3.8) is 0 Å². The number of carbonyl (C=O) groups excluding carboxylic acids is 1. The SMILES string of the molecule is Cc1cc(F)ccc1C(=O)N1CCN(c2ccc(S(C)(=O)=O)cc2N)CC1. The number of amides is 1. The van der Waals surface area contributed by atoms with Gasteiger partial charge in [-0.05, 0) is 48.9 Å². The highest BCUT2D eigenvalue weighted by Crippen LogP contribution is 2.27. The van der Waals surface area contributed by atoms with Crippen molar-refractivity contribution in [2.24, 2.45) is 0 Å². The lowest BCUT2D eigenvalue weighted by atomic mass is 10.1. The maximum Gasteiger partial charge on any atom is 0.254 e. The summed E-state index contributed by atoms with van der Waals surface area (Å²) in [5.74, 6) is -0.477. The Hall–Kier alpha value is -2.61. The molecule has 0 saturated carbocycles. The number of nitrogens with zero attached hydrogens (tertiary/aromatic N) is 2. The normalized spacial score (nSPS) is 15.1. The molecule has 8 heteroatoms. The van der Waals surface area contributed by atoms with E-state index in [1.807, 2.05) is 4.90 Å². The summed E-state index contributed by atoms with van der Waals surface area (Å²) in [6.45, 7) is 3.88. The molecule has 1 heterocycles. The second kappa shape index (κ2) is 7.19. The number of aryl methyl sites for hydroxylation is 1. The van der Waals surface area contributed by atoms with Crippen molar-refractivity contribution in [3.8, 4) is 0 Å². The molecule has 3 rings (SSSR count). The third-order valence-corrected chi connectivity index (χ3v) is 5.86. The van der Waals surface area contributed by atoms with Crippen LogP contribution in [0, 0.1) is 12.7 Å². The molecule has 1 fully saturated rings. The zero-order valence-corrected chi connectivity index (χ0v) is 16.1. The molecule has 2 aromatic carbocycles. The van der Waals surface area contributed by atoms with E-state index in [-0.39, 0.29) is 16.6 Å². The van der Waals surface area contributed by atoms with Crippen LogP contribution in [0.2, 0.25) is 0 Å². The number of rotatable bonds is 3. The number of nitrogens with two attached hydrogens (primary N) is 1. The minimum absolute atomic E-state index is 0.118. The fraction of sp³-hybridized carbons (Fsp3) is 0.316. The monoisotopic (exact) mass is 391 g/mol. The lowest BCUT2D eigenvalue weighted by Gasteiger charge is -2.37. The van der Waals surface area contributed by atoms with Crippen LogP contribution in [0.3, 0.4) is 0 Å². The van der Waals surface area contributed by atoms with Crippen LogP contribution in [0.4, 0.5) is 15.8 Å². The van der Waals surface area contributed by atoms with Crippen molar-refractivity contribution >= 4 is 27.1 Å². The maximum atomic E-state index is 13.3. The average molecular weight is 391 g/mol. The highest BCUT2D eigenvalue weighted by molar-refractivity contribution is 7.90. The van der Waals surface area contributed by atoms with Gasteiger partial charge in [-0.15, -0.1) is 0 Å². The smallest absolute Gasteiger partial charge is 0.254 e. The van der Waals surface area contributed by atoms with E-state index in [2.05, 4.69) is 0 Å². The fourth-order valence-corrected chi connectivity index (χ4v) is 3.90. The van der Waals surface area contributed by atoms with E-state index in [9.17, 15) is 17.6 Å². The summed E-state index contributed by atoms with van der Waals surface area (Å²) in [6.07, 6.45) is 1.14. The molecule has 2 N–H and O–H groups in total. The minimum Gasteiger partial charge on any atom is -0.397 e. The Bertz CT molecular complexity index is 984. The molecular formula is C19H22FN3O3S. The number of benzene rings is 2. The van der Waals surface area contributed by atoms with Gasteiger partial charge in [0.15, 0.2) is 9.84 Å². The zero-order valence-electron chi connectivity index (χ0n) is 15.3. The van der Waals surface area contributed by atoms with Crippen LogP contribution in [-0.2, 0) is 9.84 Å². The van der Waals surface area contributed by atoms with Gasteiger partial charge in [0.2, 0.25) is 0 Å². The summed E-state index contributed by atoms with van der Waals surface area (Å²) >= 11 is 0. The van der Waals surface area contributed by atoms with Crippen LogP contribution in [0.5, 0.6) is 0 Å². The van der Waals surface area contributed by atoms with Gasteiger partial charge >= 0.3 is 0 Å². The van der Waals surface area contributed by atoms with Crippen LogP contribution in [0.1, 0.15) is 15.9 Å². The van der Waals surface area contributed by atoms with E-state index in [1.54, 1.807) is 24.0 Å². The molecule has 1 aliphatic rings. The summed E-state index contributed by atoms with van der Waals surface area (Å²) in [4.78, 5) is 16.6. The first-order valence-electron chi connectivity index (χ1n) is 8.57. The standard InChI is InChI=1S/C19H22FN3O3S/c1-13-11-14(20)3-5-16(13)19(24)23-9-7-22(8-10-23)18-6-4-15(12-17(18)21)27(2,25)26/h3-6,11-12H,7-10,21H2,1-2H3. The van der Waals surface area contributed by atoms with E-state index in [1.165, 1.54) is 24.3 Å². The van der Waals surface area contributed by atoms with E-state index in [0.29, 0.717) is 43.0 Å². The summed E-state index contributed by atoms with van der Waals surface area (Å²) < 4.78 is 36.5. The molecule has 1 amide bonds. The van der Waals surface area contributed by atoms with Crippen LogP contribution in [0.15, 0.2) is 41.3 Å². The molecule has 0 aliphatic carbocycles. The quantitative estimate of drug-likeness (QED) is 0.810. The number of hydrogen-bond donors (Lipinski definition) is 1. The number of anilines is 2. The predicted octanol–water partition coefficient (Wildman–Crippen LogP) is 2.08. The Morgan fingerprint density at radius 3 is 2.30 bits per heavy atom. The summed E-state index contributed by atoms with van der Waals surface area (Å²) in [7, 11) is -3.31. The zero-order chi connectivity index (χ0) is 19.8. The summed E-state index contributed by atoms with van der Waals surface area (Å²) in [6, 6.07) is 8.87. The van der Waals surface area contributed by atoms with Crippen molar-refractivity contribution in [1.29, 1.82) is 0 Å². The summed E-state index contributed by atoms with van der Waals surface area (Å²) in [5, 5.41) is 0. The van der Waals surface area contributed by atoms with Crippen molar-refractivity contribution in [1.82, 2.24) is 4.90 Å². The third-order valence-electron chi connectivity index (χ3n) is 4.75. The number of nitrogen functional groups attached to an aromatic ring is 1. The number of halogens is 1. The van der Waals surface area contributed by atoms with Gasteiger partial charge in [0.1, 0.15) is 5.82 Å². The molecule has 1 aliphatic heterocycles. The van der Waals surface area contributed by atoms with Gasteiger partial charge in [0, 0.05) is 38.0 Å². The largest absolute Gasteiger partial charge is 0.397 e. The topological polar surface area (TPSA) is 83.7 Å². The molecular weight excluding hydrogens is 369 g/mol. The molecule has 6 nitrogen and oxygen atoms in total. The Morgan fingerprint density at radius 2 is 1.74 bits per heavy atom. The second-order valence-corrected chi connectivity index (χ2v) is 8.75. The van der Waals surface area contributed by atoms with Crippen LogP contribution >= 0.6 is 0 Å². The number of sulfone groups is 1. The lowest BCUT2D eigenvalue weighted by molar-refractivity contribution is 0.0746. The molecule has 0 bridgehead atoms. The highest BCUT2D eigenvalue weighted by Gasteiger charge is 2.24. The van der Waals surface area contributed by atoms with Crippen LogP contribution in [-0.4, -0.2) is 51.7 Å². The first-order chi connectivity index (χ1) is 12.7. The maximum absolute atomic E-state index is 13.3. The summed E-state index contributed by atoms with van der Waals surface area (Å²) in [5.41, 5.74) is 8.31. The van der Waals surface area contributed by atoms with Gasteiger partial charge in [-0.2, -0.15) is 0 Å². The van der Waals surface area contributed by atoms with Gasteiger partial charge < -0.3 is 15.5 Å². The van der Waals surface area contributed by atoms with Gasteiger partial charge in [-0.1, -0.05) is 0 Å². The fourth-order valence-electron chi connectivity index (χ4n) is 3.24. The van der Waals surface area contributed by atoms with Gasteiger partial charge in [-0.25, -0.2) is 12.8 Å². The average Bonchev–Trinajstić information content (AvgIpc) is 2.60. The van der Waals surface area contributed by atoms with Crippen LogP contribution < -0.4 is 10.6 Å². The molecule has 144 valence electrons. The first kappa shape index (κ1) is 19.2. The molecule has 27 heavy (non-hydrogen) atoms. The number of piperazine rings is 1. The van der Waals surface area contributed by atoms with E-state index >= 15 is 0 Å². The Balaban J connectivity index is 1.71. The number of hydrogen-bond acceptors (Lipinski definition) is 5. The van der Waals surface area contributed by atoms with Crippen molar-refractivity contribution in [3.05, 3.63) is 53.3 Å². The second-order valence-electron chi connectivity index (χ2n) is 6.73. The van der Waals surface area contributed by atoms with Crippen molar-refractivity contribution in [2.75, 3.05) is 43.1 Å². The molecule has 0 spiro atoms.